The monoisotopic (exact) mass is 398 g/mol. The Morgan fingerprint density at radius 1 is 1.16 bits per heavy atom. The summed E-state index contributed by atoms with van der Waals surface area (Å²) in [6.45, 7) is 2.45. The molecule has 0 N–H and O–H groups in total. The first kappa shape index (κ1) is 18.2. The van der Waals surface area contributed by atoms with E-state index in [4.69, 9.17) is 0 Å². The molecule has 134 valence electrons. The molecule has 3 rings (SSSR count). The van der Waals surface area contributed by atoms with Crippen LogP contribution in [0, 0.1) is 0 Å². The Hall–Kier alpha value is -1.59. The van der Waals surface area contributed by atoms with Crippen LogP contribution in [0.15, 0.2) is 24.6 Å². The van der Waals surface area contributed by atoms with Gasteiger partial charge in [0, 0.05) is 26.4 Å². The molecule has 0 spiro atoms. The first-order valence-corrected chi connectivity index (χ1v) is 10.5. The van der Waals surface area contributed by atoms with Gasteiger partial charge in [0.2, 0.25) is 0 Å². The SMILES string of the molecule is CCSc1nnc(SCCCn2c(=O)c3c(ncn3C)n(C)c2=O)s1. The molecule has 3 heterocycles. The third-order valence-electron chi connectivity index (χ3n) is 3.61. The minimum Gasteiger partial charge on any atom is -0.328 e. The highest BCUT2D eigenvalue weighted by Crippen LogP contribution is 2.28. The molecule has 0 aromatic carbocycles. The van der Waals surface area contributed by atoms with E-state index in [0.717, 1.165) is 20.2 Å². The molecule has 0 saturated carbocycles. The largest absolute Gasteiger partial charge is 0.332 e. The summed E-state index contributed by atoms with van der Waals surface area (Å²) >= 11 is 4.85. The van der Waals surface area contributed by atoms with Gasteiger partial charge in [0.05, 0.1) is 6.33 Å². The van der Waals surface area contributed by atoms with Gasteiger partial charge in [-0.2, -0.15) is 0 Å². The Kier molecular flexibility index (Phi) is 5.64. The van der Waals surface area contributed by atoms with Gasteiger partial charge in [0.25, 0.3) is 5.56 Å². The number of hydrogen-bond donors (Lipinski definition) is 0. The van der Waals surface area contributed by atoms with Gasteiger partial charge in [-0.05, 0) is 12.2 Å². The highest BCUT2D eigenvalue weighted by atomic mass is 32.2. The van der Waals surface area contributed by atoms with E-state index in [2.05, 4.69) is 22.1 Å². The predicted octanol–water partition coefficient (Wildman–Crippen LogP) is 1.58. The fraction of sp³-hybridized carbons (Fsp3) is 0.500. The predicted molar refractivity (Wildman–Crippen MR) is 102 cm³/mol. The number of fused-ring (bicyclic) bond motifs is 1. The lowest BCUT2D eigenvalue weighted by atomic mass is 10.4. The average molecular weight is 399 g/mol. The van der Waals surface area contributed by atoms with Crippen LogP contribution in [0.3, 0.4) is 0 Å². The molecule has 25 heavy (non-hydrogen) atoms. The molecule has 0 atom stereocenters. The number of imidazole rings is 1. The van der Waals surface area contributed by atoms with Gasteiger partial charge in [0.15, 0.2) is 19.8 Å². The molecule has 8 nitrogen and oxygen atoms in total. The second-order valence-electron chi connectivity index (χ2n) is 5.29. The maximum Gasteiger partial charge on any atom is 0.332 e. The second-order valence-corrected chi connectivity index (χ2v) is 9.13. The minimum absolute atomic E-state index is 0.291. The molecule has 0 aliphatic heterocycles. The van der Waals surface area contributed by atoms with E-state index in [0.29, 0.717) is 24.1 Å². The highest BCUT2D eigenvalue weighted by molar-refractivity contribution is 8.03. The quantitative estimate of drug-likeness (QED) is 0.441. The minimum atomic E-state index is -0.334. The maximum absolute atomic E-state index is 12.6. The molecule has 0 aliphatic carbocycles. The zero-order valence-electron chi connectivity index (χ0n) is 14.1. The smallest absolute Gasteiger partial charge is 0.328 e. The van der Waals surface area contributed by atoms with E-state index in [1.54, 1.807) is 59.9 Å². The van der Waals surface area contributed by atoms with Crippen LogP contribution < -0.4 is 11.2 Å². The van der Waals surface area contributed by atoms with Crippen LogP contribution in [0.25, 0.3) is 11.2 Å². The Morgan fingerprint density at radius 3 is 2.60 bits per heavy atom. The molecule has 3 aromatic heterocycles. The molecule has 0 radical (unpaired) electrons. The summed E-state index contributed by atoms with van der Waals surface area (Å²) in [6, 6.07) is 0. The third-order valence-corrected chi connectivity index (χ3v) is 6.77. The lowest BCUT2D eigenvalue weighted by Crippen LogP contribution is -2.39. The normalized spacial score (nSPS) is 11.5. The lowest BCUT2D eigenvalue weighted by Gasteiger charge is -2.08. The van der Waals surface area contributed by atoms with Gasteiger partial charge in [-0.15, -0.1) is 10.2 Å². The van der Waals surface area contributed by atoms with Crippen molar-refractivity contribution in [2.75, 3.05) is 11.5 Å². The van der Waals surface area contributed by atoms with E-state index >= 15 is 0 Å². The van der Waals surface area contributed by atoms with E-state index in [-0.39, 0.29) is 11.2 Å². The van der Waals surface area contributed by atoms with Crippen LogP contribution in [0.2, 0.25) is 0 Å². The number of nitrogens with zero attached hydrogens (tertiary/aromatic N) is 6. The van der Waals surface area contributed by atoms with Gasteiger partial charge < -0.3 is 4.57 Å². The van der Waals surface area contributed by atoms with Crippen molar-refractivity contribution in [3.05, 3.63) is 27.2 Å². The van der Waals surface area contributed by atoms with Crippen molar-refractivity contribution in [1.82, 2.24) is 28.9 Å². The summed E-state index contributed by atoms with van der Waals surface area (Å²) in [4.78, 5) is 29.1. The van der Waals surface area contributed by atoms with E-state index in [1.807, 2.05) is 0 Å². The second kappa shape index (κ2) is 7.75. The van der Waals surface area contributed by atoms with Gasteiger partial charge in [-0.1, -0.05) is 41.8 Å². The van der Waals surface area contributed by atoms with Crippen molar-refractivity contribution in [2.45, 2.75) is 28.6 Å². The molecule has 11 heteroatoms. The van der Waals surface area contributed by atoms with Crippen molar-refractivity contribution < 1.29 is 0 Å². The Balaban J connectivity index is 1.70. The molecule has 0 saturated heterocycles. The molecular weight excluding hydrogens is 380 g/mol. The summed E-state index contributed by atoms with van der Waals surface area (Å²) in [5, 5.41) is 8.25. The fourth-order valence-electron chi connectivity index (χ4n) is 2.41. The molecule has 0 aliphatic rings. The van der Waals surface area contributed by atoms with E-state index in [1.165, 1.54) is 9.13 Å². The zero-order valence-corrected chi connectivity index (χ0v) is 16.6. The van der Waals surface area contributed by atoms with E-state index in [9.17, 15) is 9.59 Å². The van der Waals surface area contributed by atoms with Crippen LogP contribution in [-0.2, 0) is 20.6 Å². The summed E-state index contributed by atoms with van der Waals surface area (Å²) in [5.74, 6) is 1.74. The first-order chi connectivity index (χ1) is 12.0. The molecule has 0 fully saturated rings. The third kappa shape index (κ3) is 3.67. The first-order valence-electron chi connectivity index (χ1n) is 7.73. The maximum atomic E-state index is 12.6. The summed E-state index contributed by atoms with van der Waals surface area (Å²) in [7, 11) is 3.39. The van der Waals surface area contributed by atoms with Crippen molar-refractivity contribution in [1.29, 1.82) is 0 Å². The van der Waals surface area contributed by atoms with Gasteiger partial charge in [-0.3, -0.25) is 13.9 Å². The molecule has 0 amide bonds. The van der Waals surface area contributed by atoms with Crippen LogP contribution >= 0.6 is 34.9 Å². The van der Waals surface area contributed by atoms with E-state index < -0.39 is 0 Å². The van der Waals surface area contributed by atoms with Crippen molar-refractivity contribution >= 4 is 46.0 Å². The zero-order chi connectivity index (χ0) is 18.0. The standard InChI is InChI=1S/C14H18N6O2S3/c1-4-23-12-16-17-13(25-12)24-7-5-6-20-11(21)9-10(15-8-18(9)2)19(3)14(20)22/h8H,4-7H2,1-3H3. The summed E-state index contributed by atoms with van der Waals surface area (Å²) < 4.78 is 6.23. The lowest BCUT2D eigenvalue weighted by molar-refractivity contribution is 0.594. The summed E-state index contributed by atoms with van der Waals surface area (Å²) in [6.07, 6.45) is 2.24. The number of hydrogen-bond acceptors (Lipinski definition) is 8. The molecule has 0 unspecified atom stereocenters. The van der Waals surface area contributed by atoms with Crippen molar-refractivity contribution in [3.63, 3.8) is 0 Å². The van der Waals surface area contributed by atoms with Gasteiger partial charge >= 0.3 is 5.69 Å². The number of aryl methyl sites for hydroxylation is 2. The van der Waals surface area contributed by atoms with Crippen molar-refractivity contribution in [3.8, 4) is 0 Å². The number of thioether (sulfide) groups is 2. The number of aromatic nitrogens is 6. The Labute approximate surface area is 156 Å². The Morgan fingerprint density at radius 2 is 1.88 bits per heavy atom. The summed E-state index contributed by atoms with van der Waals surface area (Å²) in [5.41, 5.74) is 0.234. The van der Waals surface area contributed by atoms with Gasteiger partial charge in [0.1, 0.15) is 0 Å². The average Bonchev–Trinajstić information content (AvgIpc) is 3.19. The van der Waals surface area contributed by atoms with Gasteiger partial charge in [-0.25, -0.2) is 9.78 Å². The van der Waals surface area contributed by atoms with Crippen LogP contribution in [0.1, 0.15) is 13.3 Å². The molecular formula is C14H18N6O2S3. The van der Waals surface area contributed by atoms with Crippen LogP contribution in [0.4, 0.5) is 0 Å². The topological polar surface area (TPSA) is 87.6 Å². The van der Waals surface area contributed by atoms with Crippen LogP contribution in [-0.4, -0.2) is 40.4 Å². The molecule has 3 aromatic rings. The number of rotatable bonds is 7. The van der Waals surface area contributed by atoms with Crippen LogP contribution in [0.5, 0.6) is 0 Å². The molecule has 0 bridgehead atoms. The van der Waals surface area contributed by atoms with Crippen molar-refractivity contribution in [2.24, 2.45) is 14.1 Å². The Bertz CT molecular complexity index is 1000. The highest BCUT2D eigenvalue weighted by Gasteiger charge is 2.14. The fourth-order valence-corrected chi connectivity index (χ4v) is 5.32.